The minimum absolute atomic E-state index is 0.0140. The molecular formula is C26H33N3O4S. The molecule has 1 aromatic heterocycles. The molecule has 1 aromatic carbocycles. The highest BCUT2D eigenvalue weighted by molar-refractivity contribution is 7.89. The molecule has 1 amide bonds. The number of carbonyl (C=O) groups excluding carboxylic acids is 1. The predicted molar refractivity (Wildman–Crippen MR) is 131 cm³/mol. The highest BCUT2D eigenvalue weighted by atomic mass is 32.2. The first-order chi connectivity index (χ1) is 16.4. The van der Waals surface area contributed by atoms with Crippen LogP contribution in [0.2, 0.25) is 0 Å². The zero-order valence-electron chi connectivity index (χ0n) is 19.5. The molecule has 8 heteroatoms. The van der Waals surface area contributed by atoms with Gasteiger partial charge in [-0.05, 0) is 55.0 Å². The maximum Gasteiger partial charge on any atom is 0.250 e. The van der Waals surface area contributed by atoms with E-state index in [1.807, 2.05) is 6.07 Å². The molecule has 3 aliphatic rings. The molecule has 7 nitrogen and oxygen atoms in total. The first-order valence-electron chi connectivity index (χ1n) is 12.5. The Balaban J connectivity index is 1.22. The molecular weight excluding hydrogens is 450 g/mol. The number of anilines is 1. The Labute approximate surface area is 201 Å². The zero-order chi connectivity index (χ0) is 23.7. The van der Waals surface area contributed by atoms with Crippen LogP contribution >= 0.6 is 0 Å². The lowest BCUT2D eigenvalue weighted by Crippen LogP contribution is -2.48. The summed E-state index contributed by atoms with van der Waals surface area (Å²) in [5.41, 5.74) is 1.53. The lowest BCUT2D eigenvalue weighted by molar-refractivity contribution is -0.116. The highest BCUT2D eigenvalue weighted by Crippen LogP contribution is 2.37. The van der Waals surface area contributed by atoms with Crippen molar-refractivity contribution in [2.75, 3.05) is 18.4 Å². The van der Waals surface area contributed by atoms with Gasteiger partial charge in [0.25, 0.3) is 5.56 Å². The van der Waals surface area contributed by atoms with Crippen molar-refractivity contribution in [2.45, 2.75) is 68.7 Å². The largest absolute Gasteiger partial charge is 0.326 e. The van der Waals surface area contributed by atoms with E-state index >= 15 is 0 Å². The number of rotatable bonds is 6. The molecule has 182 valence electrons. The summed E-state index contributed by atoms with van der Waals surface area (Å²) in [4.78, 5) is 24.8. The SMILES string of the molecule is O=C(CCC1CCCCC1)Nc1ccc(S(=O)(=O)N2C[C@@H]3C[C@H](C2)c2cccc(=O)n2C3)cc1. The molecule has 2 atom stereocenters. The second kappa shape index (κ2) is 9.66. The van der Waals surface area contributed by atoms with Crippen LogP contribution in [0.5, 0.6) is 0 Å². The molecule has 0 unspecified atom stereocenters. The average Bonchev–Trinajstić information content (AvgIpc) is 2.84. The molecule has 34 heavy (non-hydrogen) atoms. The minimum atomic E-state index is -3.65. The van der Waals surface area contributed by atoms with Gasteiger partial charge >= 0.3 is 0 Å². The van der Waals surface area contributed by atoms with Crippen molar-refractivity contribution in [1.29, 1.82) is 0 Å². The smallest absolute Gasteiger partial charge is 0.250 e. The van der Waals surface area contributed by atoms with Crippen molar-refractivity contribution in [3.63, 3.8) is 0 Å². The molecule has 3 heterocycles. The molecule has 2 aliphatic heterocycles. The number of hydrogen-bond acceptors (Lipinski definition) is 4. The third kappa shape index (κ3) is 4.84. The number of pyridine rings is 1. The molecule has 2 aromatic rings. The number of nitrogens with zero attached hydrogens (tertiary/aromatic N) is 2. The van der Waals surface area contributed by atoms with E-state index in [0.717, 1.165) is 18.5 Å². The van der Waals surface area contributed by atoms with Gasteiger partial charge in [-0.15, -0.1) is 0 Å². The lowest BCUT2D eigenvalue weighted by Gasteiger charge is -2.42. The van der Waals surface area contributed by atoms with Gasteiger partial charge in [0.2, 0.25) is 15.9 Å². The Morgan fingerprint density at radius 3 is 2.50 bits per heavy atom. The van der Waals surface area contributed by atoms with Gasteiger partial charge in [-0.1, -0.05) is 38.2 Å². The van der Waals surface area contributed by atoms with E-state index in [-0.39, 0.29) is 28.2 Å². The van der Waals surface area contributed by atoms with Crippen LogP contribution in [0.3, 0.4) is 0 Å². The summed E-state index contributed by atoms with van der Waals surface area (Å²) in [6, 6.07) is 11.8. The van der Waals surface area contributed by atoms with Gasteiger partial charge in [-0.2, -0.15) is 4.31 Å². The molecule has 0 spiro atoms. The van der Waals surface area contributed by atoms with E-state index in [2.05, 4.69) is 5.32 Å². The number of benzene rings is 1. The Hall–Kier alpha value is -2.45. The fraction of sp³-hybridized carbons (Fsp3) is 0.538. The number of nitrogens with one attached hydrogen (secondary N) is 1. The number of aromatic nitrogens is 1. The van der Waals surface area contributed by atoms with Gasteiger partial charge in [-0.25, -0.2) is 8.42 Å². The molecule has 2 fully saturated rings. The summed E-state index contributed by atoms with van der Waals surface area (Å²) in [5, 5.41) is 2.91. The second-order valence-electron chi connectivity index (χ2n) is 10.1. The van der Waals surface area contributed by atoms with Crippen LogP contribution in [0.1, 0.15) is 63.0 Å². The molecule has 1 N–H and O–H groups in total. The fourth-order valence-electron chi connectivity index (χ4n) is 5.94. The van der Waals surface area contributed by atoms with Gasteiger partial charge in [0.15, 0.2) is 0 Å². The zero-order valence-corrected chi connectivity index (χ0v) is 20.3. The number of carbonyl (C=O) groups is 1. The normalized spacial score (nSPS) is 23.3. The topological polar surface area (TPSA) is 88.5 Å². The number of hydrogen-bond donors (Lipinski definition) is 1. The molecule has 1 saturated carbocycles. The van der Waals surface area contributed by atoms with E-state index in [1.165, 1.54) is 32.1 Å². The van der Waals surface area contributed by atoms with Crippen LogP contribution in [-0.4, -0.2) is 36.3 Å². The van der Waals surface area contributed by atoms with Gasteiger partial charge in [-0.3, -0.25) is 9.59 Å². The second-order valence-corrected chi connectivity index (χ2v) is 12.1. The molecule has 5 rings (SSSR count). The van der Waals surface area contributed by atoms with Crippen LogP contribution in [0.15, 0.2) is 52.2 Å². The Morgan fingerprint density at radius 2 is 1.74 bits per heavy atom. The summed E-state index contributed by atoms with van der Waals surface area (Å²) < 4.78 is 30.1. The number of piperidine rings is 1. The van der Waals surface area contributed by atoms with Gasteiger partial charge < -0.3 is 9.88 Å². The summed E-state index contributed by atoms with van der Waals surface area (Å²) >= 11 is 0. The Kier molecular flexibility index (Phi) is 6.62. The van der Waals surface area contributed by atoms with Crippen LogP contribution in [0, 0.1) is 11.8 Å². The quantitative estimate of drug-likeness (QED) is 0.674. The third-order valence-electron chi connectivity index (χ3n) is 7.73. The summed E-state index contributed by atoms with van der Waals surface area (Å²) in [6.45, 7) is 1.35. The van der Waals surface area contributed by atoms with Crippen molar-refractivity contribution >= 4 is 21.6 Å². The first kappa shape index (κ1) is 23.3. The maximum atomic E-state index is 13.4. The molecule has 1 aliphatic carbocycles. The van der Waals surface area contributed by atoms with Gasteiger partial charge in [0, 0.05) is 49.4 Å². The van der Waals surface area contributed by atoms with Crippen LogP contribution in [0.4, 0.5) is 5.69 Å². The first-order valence-corrected chi connectivity index (χ1v) is 13.9. The summed E-state index contributed by atoms with van der Waals surface area (Å²) in [5.74, 6) is 0.795. The fourth-order valence-corrected chi connectivity index (χ4v) is 7.50. The standard InChI is InChI=1S/C26H33N3O4S/c30-25(14-9-19-5-2-1-3-6-19)27-22-10-12-23(13-11-22)34(32,33)28-16-20-15-21(18-28)24-7-4-8-26(31)29(24)17-20/h4,7-8,10-13,19-21H,1-3,5-6,9,14-18H2,(H,27,30)/t20-,21+/m0/s1. The number of sulfonamides is 1. The van der Waals surface area contributed by atoms with Crippen molar-refractivity contribution in [1.82, 2.24) is 8.87 Å². The van der Waals surface area contributed by atoms with E-state index in [0.29, 0.717) is 37.7 Å². The maximum absolute atomic E-state index is 13.4. The number of amides is 1. The monoisotopic (exact) mass is 483 g/mol. The Bertz CT molecular complexity index is 1200. The lowest BCUT2D eigenvalue weighted by atomic mass is 9.84. The molecule has 1 saturated heterocycles. The van der Waals surface area contributed by atoms with Crippen LogP contribution in [-0.2, 0) is 21.4 Å². The van der Waals surface area contributed by atoms with Gasteiger partial charge in [0.1, 0.15) is 0 Å². The minimum Gasteiger partial charge on any atom is -0.326 e. The summed E-state index contributed by atoms with van der Waals surface area (Å²) in [7, 11) is -3.65. The van der Waals surface area contributed by atoms with Crippen molar-refractivity contribution in [2.24, 2.45) is 11.8 Å². The third-order valence-corrected chi connectivity index (χ3v) is 9.57. The van der Waals surface area contributed by atoms with Crippen LogP contribution in [0.25, 0.3) is 0 Å². The summed E-state index contributed by atoms with van der Waals surface area (Å²) in [6.07, 6.45) is 8.63. The van der Waals surface area contributed by atoms with E-state index in [1.54, 1.807) is 45.3 Å². The van der Waals surface area contributed by atoms with E-state index in [9.17, 15) is 18.0 Å². The van der Waals surface area contributed by atoms with Crippen molar-refractivity contribution in [3.8, 4) is 0 Å². The highest BCUT2D eigenvalue weighted by Gasteiger charge is 2.39. The van der Waals surface area contributed by atoms with Crippen molar-refractivity contribution < 1.29 is 13.2 Å². The molecule has 2 bridgehead atoms. The van der Waals surface area contributed by atoms with Crippen LogP contribution < -0.4 is 10.9 Å². The average molecular weight is 484 g/mol. The predicted octanol–water partition coefficient (Wildman–Crippen LogP) is 3.96. The van der Waals surface area contributed by atoms with Gasteiger partial charge in [0.05, 0.1) is 4.90 Å². The number of fused-ring (bicyclic) bond motifs is 4. The molecule has 0 radical (unpaired) electrons. The van der Waals surface area contributed by atoms with E-state index in [4.69, 9.17) is 0 Å². The Morgan fingerprint density at radius 1 is 0.971 bits per heavy atom. The van der Waals surface area contributed by atoms with E-state index < -0.39 is 10.0 Å². The van der Waals surface area contributed by atoms with Crippen molar-refractivity contribution in [3.05, 3.63) is 58.5 Å².